The number of fused-ring (bicyclic) bond motifs is 1. The van der Waals surface area contributed by atoms with Crippen molar-refractivity contribution < 1.29 is 39.7 Å². The normalized spacial score (nSPS) is 17.6. The van der Waals surface area contributed by atoms with Crippen molar-refractivity contribution in [2.45, 2.75) is 52.1 Å². The number of ether oxygens (including phenoxy) is 1. The first-order valence-corrected chi connectivity index (χ1v) is 7.50. The summed E-state index contributed by atoms with van der Waals surface area (Å²) in [5.41, 5.74) is 0.422. The van der Waals surface area contributed by atoms with Crippen LogP contribution in [0.4, 0.5) is 0 Å². The quantitative estimate of drug-likeness (QED) is 0.618. The molecule has 112 valence electrons. The zero-order valence-corrected chi connectivity index (χ0v) is 13.7. The number of carboxylic acids is 1. The van der Waals surface area contributed by atoms with Crippen LogP contribution in [0.5, 0.6) is 0 Å². The monoisotopic (exact) mass is 305 g/mol. The molecule has 2 rings (SSSR count). The maximum Gasteiger partial charge on any atom is 1.00 e. The molecule has 1 aromatic heterocycles. The van der Waals surface area contributed by atoms with E-state index >= 15 is 0 Å². The van der Waals surface area contributed by atoms with E-state index in [0.717, 1.165) is 29.8 Å². The van der Waals surface area contributed by atoms with Gasteiger partial charge in [-0.2, -0.15) is 0 Å². The van der Waals surface area contributed by atoms with E-state index < -0.39 is 11.6 Å². The number of aryl methyl sites for hydroxylation is 1. The van der Waals surface area contributed by atoms with Crippen LogP contribution in [0.15, 0.2) is 0 Å². The van der Waals surface area contributed by atoms with Gasteiger partial charge in [-0.05, 0) is 46.0 Å². The molecule has 0 saturated heterocycles. The zero-order valence-electron chi connectivity index (χ0n) is 13.9. The molecule has 0 aliphatic heterocycles. The third kappa shape index (κ3) is 5.14. The van der Waals surface area contributed by atoms with Gasteiger partial charge in [0, 0.05) is 11.3 Å². The minimum absolute atomic E-state index is 0. The number of carboxylic acid groups (broad SMARTS) is 1. The predicted octanol–water partition coefficient (Wildman–Crippen LogP) is -0.205. The Morgan fingerprint density at radius 1 is 1.48 bits per heavy atom. The molecule has 0 radical (unpaired) electrons. The van der Waals surface area contributed by atoms with Crippen LogP contribution < -0.4 is 18.9 Å². The molecule has 5 nitrogen and oxygen atoms in total. The molecule has 1 aliphatic rings. The summed E-state index contributed by atoms with van der Waals surface area (Å²) >= 11 is 1.22. The molecule has 0 bridgehead atoms. The number of rotatable bonds is 3. The van der Waals surface area contributed by atoms with E-state index in [4.69, 9.17) is 9.84 Å². The number of aromatic carboxylic acids is 1. The van der Waals surface area contributed by atoms with Gasteiger partial charge in [-0.1, -0.05) is 0 Å². The van der Waals surface area contributed by atoms with Crippen molar-refractivity contribution in [1.82, 2.24) is 4.98 Å². The molecule has 1 aliphatic carbocycles. The van der Waals surface area contributed by atoms with Crippen molar-refractivity contribution >= 4 is 23.3 Å². The third-order valence-corrected chi connectivity index (χ3v) is 4.21. The van der Waals surface area contributed by atoms with E-state index in [1.54, 1.807) is 0 Å². The molecule has 1 unspecified atom stereocenters. The maximum atomic E-state index is 11.8. The molecule has 21 heavy (non-hydrogen) atoms. The molecule has 1 N–H and O–H groups in total. The summed E-state index contributed by atoms with van der Waals surface area (Å²) in [6.07, 6.45) is 2.71. The summed E-state index contributed by atoms with van der Waals surface area (Å²) in [5, 5.41) is 9.09. The van der Waals surface area contributed by atoms with Gasteiger partial charge in [0.25, 0.3) is 0 Å². The second kappa shape index (κ2) is 6.95. The number of carbonyl (C=O) groups is 2. The van der Waals surface area contributed by atoms with Crippen LogP contribution in [0.2, 0.25) is 0 Å². The van der Waals surface area contributed by atoms with E-state index in [9.17, 15) is 9.59 Å². The first-order chi connectivity index (χ1) is 9.24. The van der Waals surface area contributed by atoms with Gasteiger partial charge < -0.3 is 11.3 Å². The Morgan fingerprint density at radius 2 is 2.14 bits per heavy atom. The van der Waals surface area contributed by atoms with Crippen molar-refractivity contribution in [3.05, 3.63) is 15.6 Å². The summed E-state index contributed by atoms with van der Waals surface area (Å²) < 4.78 is 5.33. The number of carbonyl (C=O) groups excluding carboxylic acids is 1. The SMILES string of the molecule is CC(C)(C)OC(=O)CC1CCc2nc(C(=O)O)sc2C1.[H-].[Li+]. The van der Waals surface area contributed by atoms with Crippen LogP contribution in [0.3, 0.4) is 0 Å². The van der Waals surface area contributed by atoms with Gasteiger partial charge in [0.1, 0.15) is 5.60 Å². The minimum Gasteiger partial charge on any atom is -1.00 e. The summed E-state index contributed by atoms with van der Waals surface area (Å²) in [6.45, 7) is 5.56. The molecule has 0 saturated carbocycles. The second-order valence-electron chi connectivity index (χ2n) is 6.09. The topological polar surface area (TPSA) is 76.5 Å². The molecule has 0 aromatic carbocycles. The molecule has 1 atom stereocenters. The second-order valence-corrected chi connectivity index (χ2v) is 7.18. The predicted molar refractivity (Wildman–Crippen MR) is 76.2 cm³/mol. The number of hydrogen-bond donors (Lipinski definition) is 1. The fourth-order valence-electron chi connectivity index (χ4n) is 2.33. The Labute approximate surface area is 141 Å². The van der Waals surface area contributed by atoms with Crippen molar-refractivity contribution in [2.75, 3.05) is 0 Å². The van der Waals surface area contributed by atoms with Crippen molar-refractivity contribution in [2.24, 2.45) is 5.92 Å². The Bertz CT molecular complexity index is 541. The van der Waals surface area contributed by atoms with Crippen LogP contribution in [0.1, 0.15) is 55.4 Å². The van der Waals surface area contributed by atoms with Gasteiger partial charge in [-0.15, -0.1) is 11.3 Å². The van der Waals surface area contributed by atoms with Crippen molar-refractivity contribution in [3.8, 4) is 0 Å². The minimum atomic E-state index is -0.979. The van der Waals surface area contributed by atoms with Gasteiger partial charge >= 0.3 is 30.8 Å². The molecule has 7 heteroatoms. The molecule has 0 fully saturated rings. The van der Waals surface area contributed by atoms with E-state index in [1.165, 1.54) is 11.3 Å². The number of esters is 1. The van der Waals surface area contributed by atoms with E-state index in [2.05, 4.69) is 4.98 Å². The van der Waals surface area contributed by atoms with Gasteiger partial charge in [0.2, 0.25) is 5.01 Å². The first kappa shape index (κ1) is 18.2. The smallest absolute Gasteiger partial charge is 1.00 e. The molecule has 0 spiro atoms. The average Bonchev–Trinajstić information content (AvgIpc) is 2.69. The van der Waals surface area contributed by atoms with Gasteiger partial charge in [-0.3, -0.25) is 4.79 Å². The summed E-state index contributed by atoms with van der Waals surface area (Å²) in [6, 6.07) is 0. The summed E-state index contributed by atoms with van der Waals surface area (Å²) in [5.74, 6) is -0.943. The number of nitrogens with zero attached hydrogens (tertiary/aromatic N) is 1. The molecule has 1 heterocycles. The fraction of sp³-hybridized carbons (Fsp3) is 0.643. The summed E-state index contributed by atoms with van der Waals surface area (Å²) in [7, 11) is 0. The van der Waals surface area contributed by atoms with E-state index in [-0.39, 0.29) is 37.2 Å². The van der Waals surface area contributed by atoms with E-state index in [0.29, 0.717) is 6.42 Å². The van der Waals surface area contributed by atoms with Gasteiger partial charge in [0.15, 0.2) is 0 Å². The third-order valence-electron chi connectivity index (χ3n) is 3.10. The van der Waals surface area contributed by atoms with Crippen LogP contribution in [0.25, 0.3) is 0 Å². The molecular formula is C14H20LiNO4S. The number of thiazole rings is 1. The Morgan fingerprint density at radius 3 is 2.71 bits per heavy atom. The van der Waals surface area contributed by atoms with Crippen molar-refractivity contribution in [1.29, 1.82) is 0 Å². The average molecular weight is 305 g/mol. The van der Waals surface area contributed by atoms with Crippen LogP contribution in [-0.4, -0.2) is 27.6 Å². The fourth-order valence-corrected chi connectivity index (χ4v) is 3.39. The number of hydrogen-bond acceptors (Lipinski definition) is 5. The van der Waals surface area contributed by atoms with Crippen molar-refractivity contribution in [3.63, 3.8) is 0 Å². The molecule has 1 aromatic rings. The Hall–Kier alpha value is -0.833. The molecular weight excluding hydrogens is 285 g/mol. The zero-order chi connectivity index (χ0) is 14.9. The van der Waals surface area contributed by atoms with Crippen LogP contribution in [0, 0.1) is 5.92 Å². The standard InChI is InChI=1S/C14H19NO4S.Li.H/c1-14(2,3)19-11(16)7-8-4-5-9-10(6-8)20-12(15-9)13(17)18;;/h8H,4-7H2,1-3H3,(H,17,18);;/q;+1;-1. The Kier molecular flexibility index (Phi) is 6.03. The first-order valence-electron chi connectivity index (χ1n) is 6.68. The van der Waals surface area contributed by atoms with Crippen LogP contribution in [-0.2, 0) is 22.4 Å². The van der Waals surface area contributed by atoms with Gasteiger partial charge in [0.05, 0.1) is 5.69 Å². The Balaban J connectivity index is 0.00000220. The summed E-state index contributed by atoms with van der Waals surface area (Å²) in [4.78, 5) is 27.9. The van der Waals surface area contributed by atoms with E-state index in [1.807, 2.05) is 20.8 Å². The molecule has 0 amide bonds. The number of aromatic nitrogens is 1. The maximum absolute atomic E-state index is 11.8. The van der Waals surface area contributed by atoms with Gasteiger partial charge in [-0.25, -0.2) is 9.78 Å². The largest absolute Gasteiger partial charge is 1.00 e. The van der Waals surface area contributed by atoms with Crippen LogP contribution >= 0.6 is 11.3 Å².